The van der Waals surface area contributed by atoms with Crippen molar-refractivity contribution in [2.75, 3.05) is 26.1 Å². The highest BCUT2D eigenvalue weighted by atomic mass is 16.5. The number of unbranched alkanes of at least 4 members (excludes halogenated alkanes) is 1. The molecule has 1 heterocycles. The Kier molecular flexibility index (Phi) is 10.6. The van der Waals surface area contributed by atoms with Crippen molar-refractivity contribution in [2.24, 2.45) is 11.8 Å². The second kappa shape index (κ2) is 12.6. The minimum absolute atomic E-state index is 0.122. The summed E-state index contributed by atoms with van der Waals surface area (Å²) in [6.07, 6.45) is 2.38. The van der Waals surface area contributed by atoms with E-state index in [1.807, 2.05) is 20.8 Å². The molecule has 10 heteroatoms. The maximum atomic E-state index is 13.1. The Morgan fingerprint density at radius 2 is 1.97 bits per heavy atom. The Balaban J connectivity index is 2.94. The number of hydroxylamine groups is 2. The van der Waals surface area contributed by atoms with Gasteiger partial charge in [-0.3, -0.25) is 20.1 Å². The monoisotopic (exact) mass is 424 g/mol. The first-order valence-electron chi connectivity index (χ1n) is 9.87. The lowest BCUT2D eigenvalue weighted by Gasteiger charge is -2.27. The number of amides is 3. The Morgan fingerprint density at radius 3 is 2.50 bits per heavy atom. The number of anilines is 1. The quantitative estimate of drug-likeness (QED) is 0.252. The number of nitrogens with one attached hydrogen (secondary N) is 2. The summed E-state index contributed by atoms with van der Waals surface area (Å²) in [5.74, 6) is -0.136. The molecule has 0 bridgehead atoms. The smallest absolute Gasteiger partial charge is 0.321 e. The van der Waals surface area contributed by atoms with Gasteiger partial charge in [-0.25, -0.2) is 9.86 Å². The Labute approximate surface area is 176 Å². The summed E-state index contributed by atoms with van der Waals surface area (Å²) < 4.78 is 10.2. The first-order chi connectivity index (χ1) is 14.2. The number of ether oxygens (including phenoxy) is 2. The average molecular weight is 424 g/mol. The van der Waals surface area contributed by atoms with Crippen molar-refractivity contribution < 1.29 is 29.1 Å². The predicted octanol–water partition coefficient (Wildman–Crippen LogP) is 2.47. The van der Waals surface area contributed by atoms with E-state index in [0.717, 1.165) is 12.8 Å². The van der Waals surface area contributed by atoms with E-state index < -0.39 is 18.0 Å². The predicted molar refractivity (Wildman–Crippen MR) is 111 cm³/mol. The van der Waals surface area contributed by atoms with Crippen LogP contribution in [0.15, 0.2) is 12.1 Å². The molecule has 168 valence electrons. The molecule has 3 amide bonds. The van der Waals surface area contributed by atoms with E-state index >= 15 is 0 Å². The highest BCUT2D eigenvalue weighted by molar-refractivity contribution is 5.95. The molecule has 0 saturated heterocycles. The number of carbonyl (C=O) groups is 3. The topological polar surface area (TPSA) is 130 Å². The number of pyridine rings is 1. The summed E-state index contributed by atoms with van der Waals surface area (Å²) in [6, 6.07) is 1.66. The number of rotatable bonds is 13. The molecule has 3 N–H and O–H groups in total. The van der Waals surface area contributed by atoms with Gasteiger partial charge in [0.25, 0.3) is 0 Å². The SMILES string of the molecule is CCCCC(CN(O)C=O)C(=O)C(NC(=O)Nc1cc(OC)cc(OC)n1)C(C)C. The van der Waals surface area contributed by atoms with Crippen molar-refractivity contribution in [1.29, 1.82) is 0 Å². The molecule has 0 spiro atoms. The number of hydrogen-bond acceptors (Lipinski definition) is 7. The van der Waals surface area contributed by atoms with Crippen molar-refractivity contribution >= 4 is 24.0 Å². The third kappa shape index (κ3) is 7.86. The van der Waals surface area contributed by atoms with Gasteiger partial charge in [0.05, 0.1) is 26.8 Å². The van der Waals surface area contributed by atoms with Crippen LogP contribution >= 0.6 is 0 Å². The number of methoxy groups -OCH3 is 2. The Morgan fingerprint density at radius 1 is 1.27 bits per heavy atom. The van der Waals surface area contributed by atoms with Crippen LogP contribution in [-0.4, -0.2) is 60.3 Å². The van der Waals surface area contributed by atoms with E-state index in [2.05, 4.69) is 15.6 Å². The lowest BCUT2D eigenvalue weighted by atomic mass is 9.87. The minimum atomic E-state index is -0.806. The maximum absolute atomic E-state index is 13.1. The van der Waals surface area contributed by atoms with E-state index in [0.29, 0.717) is 17.2 Å². The van der Waals surface area contributed by atoms with Crippen LogP contribution in [0.1, 0.15) is 40.0 Å². The lowest BCUT2D eigenvalue weighted by Crippen LogP contribution is -2.50. The van der Waals surface area contributed by atoms with Crippen LogP contribution in [0.4, 0.5) is 10.6 Å². The number of hydrogen-bond donors (Lipinski definition) is 3. The normalized spacial score (nSPS) is 12.6. The number of Topliss-reactive ketones (excluding diaryl/α,β-unsaturated/α-hetero) is 1. The van der Waals surface area contributed by atoms with Crippen molar-refractivity contribution in [3.8, 4) is 11.6 Å². The second-order valence-corrected chi connectivity index (χ2v) is 7.22. The maximum Gasteiger partial charge on any atom is 0.321 e. The molecule has 10 nitrogen and oxygen atoms in total. The standard InChI is InChI=1S/C20H32N4O6/c1-6-7-8-14(11-24(28)12-25)19(26)18(13(2)3)23-20(27)22-16-9-15(29-4)10-17(21-16)30-5/h9-10,12-14,18,28H,6-8,11H2,1-5H3,(H2,21,22,23,27). The van der Waals surface area contributed by atoms with Crippen molar-refractivity contribution in [3.05, 3.63) is 12.1 Å². The zero-order chi connectivity index (χ0) is 22.7. The molecule has 2 atom stereocenters. The van der Waals surface area contributed by atoms with Crippen LogP contribution < -0.4 is 20.1 Å². The molecule has 0 saturated carbocycles. The highest BCUT2D eigenvalue weighted by Crippen LogP contribution is 2.22. The number of nitrogens with zero attached hydrogens (tertiary/aromatic N) is 2. The van der Waals surface area contributed by atoms with E-state index in [4.69, 9.17) is 9.47 Å². The fraction of sp³-hybridized carbons (Fsp3) is 0.600. The van der Waals surface area contributed by atoms with Gasteiger partial charge in [0.15, 0.2) is 5.78 Å². The second-order valence-electron chi connectivity index (χ2n) is 7.22. The van der Waals surface area contributed by atoms with Crippen molar-refractivity contribution in [2.45, 2.75) is 46.1 Å². The van der Waals surface area contributed by atoms with E-state index in [1.165, 1.54) is 20.3 Å². The zero-order valence-corrected chi connectivity index (χ0v) is 18.2. The molecular weight excluding hydrogens is 392 g/mol. The Hall–Kier alpha value is -2.88. The van der Waals surface area contributed by atoms with E-state index in [-0.39, 0.29) is 36.4 Å². The molecule has 0 aliphatic carbocycles. The van der Waals surface area contributed by atoms with Crippen molar-refractivity contribution in [1.82, 2.24) is 15.4 Å². The summed E-state index contributed by atoms with van der Waals surface area (Å²) in [7, 11) is 2.92. The van der Waals surface area contributed by atoms with Gasteiger partial charge in [0.2, 0.25) is 12.3 Å². The lowest BCUT2D eigenvalue weighted by molar-refractivity contribution is -0.154. The van der Waals surface area contributed by atoms with Crippen molar-refractivity contribution in [3.63, 3.8) is 0 Å². The number of ketones is 1. The summed E-state index contributed by atoms with van der Waals surface area (Å²) in [6.45, 7) is 5.48. The van der Waals surface area contributed by atoms with Gasteiger partial charge >= 0.3 is 6.03 Å². The third-order valence-corrected chi connectivity index (χ3v) is 4.56. The van der Waals surface area contributed by atoms with Crippen LogP contribution in [-0.2, 0) is 9.59 Å². The highest BCUT2D eigenvalue weighted by Gasteiger charge is 2.31. The molecule has 0 aliphatic heterocycles. The van der Waals surface area contributed by atoms with E-state index in [1.54, 1.807) is 6.07 Å². The van der Waals surface area contributed by atoms with Gasteiger partial charge < -0.3 is 14.8 Å². The van der Waals surface area contributed by atoms with Crippen LogP contribution in [0, 0.1) is 11.8 Å². The molecule has 2 unspecified atom stereocenters. The largest absolute Gasteiger partial charge is 0.496 e. The van der Waals surface area contributed by atoms with Gasteiger partial charge in [0, 0.05) is 18.1 Å². The van der Waals surface area contributed by atoms with Crippen LogP contribution in [0.2, 0.25) is 0 Å². The van der Waals surface area contributed by atoms with Crippen LogP contribution in [0.5, 0.6) is 11.6 Å². The third-order valence-electron chi connectivity index (χ3n) is 4.56. The number of aromatic nitrogens is 1. The van der Waals surface area contributed by atoms with Crippen LogP contribution in [0.3, 0.4) is 0 Å². The van der Waals surface area contributed by atoms with Gasteiger partial charge in [-0.05, 0) is 12.3 Å². The summed E-state index contributed by atoms with van der Waals surface area (Å²) in [5.41, 5.74) is 0. The molecule has 1 aromatic heterocycles. The van der Waals surface area contributed by atoms with Gasteiger partial charge in [-0.15, -0.1) is 0 Å². The van der Waals surface area contributed by atoms with Crippen LogP contribution in [0.25, 0.3) is 0 Å². The summed E-state index contributed by atoms with van der Waals surface area (Å²) in [5, 5.41) is 15.3. The molecule has 0 fully saturated rings. The molecule has 0 radical (unpaired) electrons. The summed E-state index contributed by atoms with van der Waals surface area (Å²) in [4.78, 5) is 40.5. The first kappa shape index (κ1) is 25.2. The van der Waals surface area contributed by atoms with Gasteiger partial charge in [0.1, 0.15) is 11.6 Å². The Bertz CT molecular complexity index is 690. The minimum Gasteiger partial charge on any atom is -0.496 e. The first-order valence-corrected chi connectivity index (χ1v) is 9.87. The molecule has 0 aromatic carbocycles. The van der Waals surface area contributed by atoms with Gasteiger partial charge in [-0.1, -0.05) is 33.6 Å². The zero-order valence-electron chi connectivity index (χ0n) is 18.2. The number of urea groups is 1. The number of carbonyl (C=O) groups excluding carboxylic acids is 3. The molecule has 1 rings (SSSR count). The van der Waals surface area contributed by atoms with Gasteiger partial charge in [-0.2, -0.15) is 4.98 Å². The fourth-order valence-electron chi connectivity index (χ4n) is 2.92. The molecular formula is C20H32N4O6. The molecule has 1 aromatic rings. The fourth-order valence-corrected chi connectivity index (χ4v) is 2.92. The molecule has 0 aliphatic rings. The molecule has 30 heavy (non-hydrogen) atoms. The summed E-state index contributed by atoms with van der Waals surface area (Å²) >= 11 is 0. The average Bonchev–Trinajstić information content (AvgIpc) is 2.73. The van der Waals surface area contributed by atoms with E-state index in [9.17, 15) is 19.6 Å².